The van der Waals surface area contributed by atoms with Crippen molar-refractivity contribution in [3.05, 3.63) is 107 Å². The number of aliphatic hydroxyl groups is 2. The van der Waals surface area contributed by atoms with E-state index < -0.39 is 29.9 Å². The average molecular weight is 928 g/mol. The second kappa shape index (κ2) is 23.5. The van der Waals surface area contributed by atoms with E-state index in [1.54, 1.807) is 6.07 Å². The summed E-state index contributed by atoms with van der Waals surface area (Å²) in [6, 6.07) is 21.6. The smallest absolute Gasteiger partial charge is 0.416 e. The summed E-state index contributed by atoms with van der Waals surface area (Å²) in [5, 5.41) is 46.3. The molecule has 2 aliphatic carbocycles. The first-order chi connectivity index (χ1) is 32.2. The summed E-state index contributed by atoms with van der Waals surface area (Å²) in [6.45, 7) is 11.1. The standard InChI is InChI=1S/C56H76F3N3O5/c1-5-15-35(3)16-8-7-9-22-49(63)46-30-40-18-11-13-21-45(40)51(53(46)65)61-33-37-28-36(4)54-41(29-37)32-50(67-54)38(6-2)19-14-27-60-34-48-44-20-12-10-17-39(44)31-47(52(48)64)55(66)62-43-25-23-42(24-26-43)56(57,58)59/h10-13,17-18,20-21,23-26,31,35-38,41,46,49-51,53-54,60-61,63-65H,5-9,14-16,19,22,27-30,32-34H2,1-4H3,(H,62,66). The third-order valence-electron chi connectivity index (χ3n) is 15.6. The fraction of sp³-hybridized carbons (Fsp3) is 0.589. The molecule has 0 bridgehead atoms. The maximum absolute atomic E-state index is 13.4. The van der Waals surface area contributed by atoms with Crippen LogP contribution in [0, 0.1) is 35.5 Å². The lowest BCUT2D eigenvalue weighted by Crippen LogP contribution is -2.47. The number of alkyl halides is 3. The molecule has 1 saturated heterocycles. The van der Waals surface area contributed by atoms with Gasteiger partial charge < -0.3 is 36.0 Å². The van der Waals surface area contributed by atoms with Crippen LogP contribution in [0.5, 0.6) is 5.75 Å². The van der Waals surface area contributed by atoms with Crippen molar-refractivity contribution < 1.29 is 38.0 Å². The minimum absolute atomic E-state index is 0.0537. The molecule has 6 N–H and O–H groups in total. The van der Waals surface area contributed by atoms with E-state index in [2.05, 4.69) is 67.9 Å². The summed E-state index contributed by atoms with van der Waals surface area (Å²) >= 11 is 0. The van der Waals surface area contributed by atoms with Crippen molar-refractivity contribution in [1.29, 1.82) is 0 Å². The van der Waals surface area contributed by atoms with E-state index in [0.29, 0.717) is 48.7 Å². The number of hydrogen-bond acceptors (Lipinski definition) is 7. The number of amides is 1. The SMILES string of the molecule is CCCC(C)CCCCCC(O)C1Cc2ccccc2C(NCC2CC(C)C3OC(C(CC)CCCNCc4c(O)c(C(=O)Nc5ccc(C(F)(F)F)cc5)cc5ccccc45)CC3C2)C1O. The number of nitrogens with one attached hydrogen (secondary N) is 3. The second-order valence-electron chi connectivity index (χ2n) is 20.5. The molecule has 11 unspecified atom stereocenters. The predicted molar refractivity (Wildman–Crippen MR) is 262 cm³/mol. The summed E-state index contributed by atoms with van der Waals surface area (Å²) < 4.78 is 46.2. The number of benzene rings is 4. The quantitative estimate of drug-likeness (QED) is 0.0434. The van der Waals surface area contributed by atoms with Crippen molar-refractivity contribution in [2.45, 2.75) is 161 Å². The van der Waals surface area contributed by atoms with Gasteiger partial charge in [-0.05, 0) is 140 Å². The number of hydrogen-bond donors (Lipinski definition) is 6. The Morgan fingerprint density at radius 3 is 2.40 bits per heavy atom. The number of anilines is 1. The first-order valence-electron chi connectivity index (χ1n) is 25.5. The number of aromatic hydroxyl groups is 1. The van der Waals surface area contributed by atoms with Gasteiger partial charge in [-0.15, -0.1) is 0 Å². The maximum Gasteiger partial charge on any atom is 0.416 e. The van der Waals surface area contributed by atoms with Crippen molar-refractivity contribution in [2.24, 2.45) is 35.5 Å². The zero-order valence-corrected chi connectivity index (χ0v) is 40.2. The number of fused-ring (bicyclic) bond motifs is 3. The summed E-state index contributed by atoms with van der Waals surface area (Å²) in [5.41, 5.74) is 2.43. The van der Waals surface area contributed by atoms with Gasteiger partial charge >= 0.3 is 6.18 Å². The Balaban J connectivity index is 0.889. The summed E-state index contributed by atoms with van der Waals surface area (Å²) in [4.78, 5) is 13.4. The van der Waals surface area contributed by atoms with Gasteiger partial charge in [-0.3, -0.25) is 4.79 Å². The number of carbonyl (C=O) groups is 1. The molecule has 8 nitrogen and oxygen atoms in total. The molecule has 4 aromatic carbocycles. The normalized spacial score (nSPS) is 25.3. The van der Waals surface area contributed by atoms with Gasteiger partial charge in [0.25, 0.3) is 5.91 Å². The van der Waals surface area contributed by atoms with Crippen LogP contribution in [0.1, 0.15) is 150 Å². The molecule has 1 amide bonds. The highest BCUT2D eigenvalue weighted by atomic mass is 19.4. The number of rotatable bonds is 22. The van der Waals surface area contributed by atoms with Crippen molar-refractivity contribution in [1.82, 2.24) is 10.6 Å². The first-order valence-corrected chi connectivity index (χ1v) is 25.5. The number of halogens is 3. The van der Waals surface area contributed by atoms with Crippen LogP contribution in [0.25, 0.3) is 10.8 Å². The van der Waals surface area contributed by atoms with Crippen molar-refractivity contribution >= 4 is 22.4 Å². The number of carbonyl (C=O) groups excluding carboxylic acids is 1. The van der Waals surface area contributed by atoms with Crippen LogP contribution in [0.2, 0.25) is 0 Å². The van der Waals surface area contributed by atoms with E-state index in [1.165, 1.54) is 43.4 Å². The zero-order valence-electron chi connectivity index (χ0n) is 40.2. The Bertz CT molecular complexity index is 2200. The van der Waals surface area contributed by atoms with Gasteiger partial charge in [0.1, 0.15) is 5.75 Å². The molecule has 4 aromatic rings. The lowest BCUT2D eigenvalue weighted by atomic mass is 9.72. The topological polar surface area (TPSA) is 123 Å². The van der Waals surface area contributed by atoms with Crippen molar-refractivity contribution in [3.8, 4) is 5.75 Å². The molecule has 366 valence electrons. The molecular weight excluding hydrogens is 852 g/mol. The summed E-state index contributed by atoms with van der Waals surface area (Å²) in [7, 11) is 0. The largest absolute Gasteiger partial charge is 0.507 e. The number of unbranched alkanes of at least 4 members (excludes halogenated alkanes) is 2. The Labute approximate surface area is 396 Å². The molecule has 3 aliphatic rings. The van der Waals surface area contributed by atoms with Crippen molar-refractivity contribution in [3.63, 3.8) is 0 Å². The molecule has 1 aliphatic heterocycles. The fourth-order valence-corrected chi connectivity index (χ4v) is 11.9. The van der Waals surface area contributed by atoms with Gasteiger partial charge in [-0.25, -0.2) is 0 Å². The number of phenols is 1. The van der Waals surface area contributed by atoms with E-state index in [4.69, 9.17) is 4.74 Å². The highest BCUT2D eigenvalue weighted by Gasteiger charge is 2.46. The molecule has 0 aromatic heterocycles. The molecular formula is C56H76F3N3O5. The fourth-order valence-electron chi connectivity index (χ4n) is 11.9. The van der Waals surface area contributed by atoms with Crippen LogP contribution in [-0.4, -0.2) is 58.7 Å². The van der Waals surface area contributed by atoms with E-state index in [1.807, 2.05) is 24.3 Å². The van der Waals surface area contributed by atoms with E-state index in [9.17, 15) is 33.3 Å². The number of phenolic OH excluding ortho intramolecular Hbond substituents is 1. The van der Waals surface area contributed by atoms with Gasteiger partial charge in [-0.2, -0.15) is 13.2 Å². The average Bonchev–Trinajstić information content (AvgIpc) is 3.74. The van der Waals surface area contributed by atoms with Crippen LogP contribution in [0.4, 0.5) is 18.9 Å². The molecule has 0 radical (unpaired) electrons. The van der Waals surface area contributed by atoms with Gasteiger partial charge in [0, 0.05) is 23.7 Å². The van der Waals surface area contributed by atoms with Crippen LogP contribution in [0.3, 0.4) is 0 Å². The lowest BCUT2D eigenvalue weighted by molar-refractivity contribution is -0.137. The molecule has 1 saturated carbocycles. The van der Waals surface area contributed by atoms with Crippen LogP contribution in [0.15, 0.2) is 78.9 Å². The molecule has 67 heavy (non-hydrogen) atoms. The Kier molecular flexibility index (Phi) is 17.9. The minimum Gasteiger partial charge on any atom is -0.507 e. The van der Waals surface area contributed by atoms with Crippen molar-refractivity contribution in [2.75, 3.05) is 18.4 Å². The van der Waals surface area contributed by atoms with Gasteiger partial charge in [-0.1, -0.05) is 121 Å². The van der Waals surface area contributed by atoms with Gasteiger partial charge in [0.2, 0.25) is 0 Å². The van der Waals surface area contributed by atoms with Crippen LogP contribution >= 0.6 is 0 Å². The highest BCUT2D eigenvalue weighted by molar-refractivity contribution is 6.09. The molecule has 7 rings (SSSR count). The maximum atomic E-state index is 13.4. The van der Waals surface area contributed by atoms with Gasteiger partial charge in [0.15, 0.2) is 0 Å². The summed E-state index contributed by atoms with van der Waals surface area (Å²) in [6.07, 6.45) is 9.51. The molecule has 11 atom stereocenters. The molecule has 1 heterocycles. The summed E-state index contributed by atoms with van der Waals surface area (Å²) in [5.74, 6) is 1.65. The Hall–Kier alpha value is -4.00. The van der Waals surface area contributed by atoms with E-state index >= 15 is 0 Å². The monoisotopic (exact) mass is 928 g/mol. The second-order valence-corrected chi connectivity index (χ2v) is 20.5. The zero-order chi connectivity index (χ0) is 47.7. The van der Waals surface area contributed by atoms with Crippen LogP contribution in [-0.2, 0) is 23.9 Å². The van der Waals surface area contributed by atoms with Crippen LogP contribution < -0.4 is 16.0 Å². The third kappa shape index (κ3) is 12.8. The van der Waals surface area contributed by atoms with Gasteiger partial charge in [0.05, 0.1) is 41.6 Å². The lowest BCUT2D eigenvalue weighted by Gasteiger charge is -2.41. The Morgan fingerprint density at radius 1 is 0.896 bits per heavy atom. The first kappa shape index (κ1) is 50.9. The molecule has 0 spiro atoms. The molecule has 11 heteroatoms. The Morgan fingerprint density at radius 2 is 1.64 bits per heavy atom. The highest BCUT2D eigenvalue weighted by Crippen LogP contribution is 2.46. The predicted octanol–water partition coefficient (Wildman–Crippen LogP) is 12.1. The molecule has 2 fully saturated rings. The number of ether oxygens (including phenoxy) is 1. The minimum atomic E-state index is -4.48. The van der Waals surface area contributed by atoms with E-state index in [-0.39, 0.29) is 41.2 Å². The number of aliphatic hydroxyl groups excluding tert-OH is 2. The third-order valence-corrected chi connectivity index (χ3v) is 15.6. The van der Waals surface area contributed by atoms with E-state index in [0.717, 1.165) is 98.7 Å².